The summed E-state index contributed by atoms with van der Waals surface area (Å²) in [6.45, 7) is 0.0501. The number of carbonyl (C=O) groups excluding carboxylic acids is 1. The van der Waals surface area contributed by atoms with Crippen LogP contribution in [0.25, 0.3) is 17.0 Å². The Balaban J connectivity index is 1.56. The van der Waals surface area contributed by atoms with E-state index in [9.17, 15) is 9.59 Å². The monoisotopic (exact) mass is 352 g/mol. The van der Waals surface area contributed by atoms with Gasteiger partial charge in [-0.1, -0.05) is 6.07 Å². The van der Waals surface area contributed by atoms with Gasteiger partial charge in [0.2, 0.25) is 0 Å². The number of carbonyl (C=O) groups is 1. The lowest BCUT2D eigenvalue weighted by atomic mass is 10.0. The molecule has 25 heavy (non-hydrogen) atoms. The zero-order valence-electron chi connectivity index (χ0n) is 13.5. The molecule has 0 fully saturated rings. The van der Waals surface area contributed by atoms with Crippen molar-refractivity contribution in [3.63, 3.8) is 0 Å². The van der Waals surface area contributed by atoms with Gasteiger partial charge in [-0.05, 0) is 60.0 Å². The predicted molar refractivity (Wildman–Crippen MR) is 97.7 cm³/mol. The standard InChI is InChI=1S/C20H16O4S/c21-19(7-6-16-5-2-8-25-16)23-12-15-11-20(22)24-18-10-14-4-1-3-13(14)9-17(15)18/h2,5-11H,1,3-4,12H2/b7-6+. The van der Waals surface area contributed by atoms with Gasteiger partial charge in [-0.15, -0.1) is 11.3 Å². The highest BCUT2D eigenvalue weighted by atomic mass is 32.1. The number of hydrogen-bond donors (Lipinski definition) is 0. The summed E-state index contributed by atoms with van der Waals surface area (Å²) in [4.78, 5) is 24.7. The lowest BCUT2D eigenvalue weighted by molar-refractivity contribution is -0.138. The number of ether oxygens (including phenoxy) is 1. The van der Waals surface area contributed by atoms with Crippen molar-refractivity contribution in [3.8, 4) is 0 Å². The molecule has 0 radical (unpaired) electrons. The van der Waals surface area contributed by atoms with Crippen molar-refractivity contribution in [2.75, 3.05) is 0 Å². The van der Waals surface area contributed by atoms with E-state index in [0.717, 1.165) is 29.5 Å². The summed E-state index contributed by atoms with van der Waals surface area (Å²) in [7, 11) is 0. The number of aryl methyl sites for hydroxylation is 2. The summed E-state index contributed by atoms with van der Waals surface area (Å²) in [6.07, 6.45) is 6.29. The highest BCUT2D eigenvalue weighted by Gasteiger charge is 2.15. The molecule has 2 aromatic heterocycles. The number of fused-ring (bicyclic) bond motifs is 2. The molecule has 0 N–H and O–H groups in total. The van der Waals surface area contributed by atoms with E-state index in [1.165, 1.54) is 23.3 Å². The minimum absolute atomic E-state index is 0.0501. The zero-order valence-corrected chi connectivity index (χ0v) is 14.3. The molecule has 0 saturated carbocycles. The Morgan fingerprint density at radius 2 is 2.08 bits per heavy atom. The first kappa shape index (κ1) is 15.8. The molecular formula is C20H16O4S. The molecule has 0 atom stereocenters. The van der Waals surface area contributed by atoms with Gasteiger partial charge < -0.3 is 9.15 Å². The molecule has 1 aliphatic carbocycles. The van der Waals surface area contributed by atoms with Crippen LogP contribution in [-0.2, 0) is 29.0 Å². The van der Waals surface area contributed by atoms with Crippen LogP contribution >= 0.6 is 11.3 Å². The Morgan fingerprint density at radius 3 is 2.88 bits per heavy atom. The summed E-state index contributed by atoms with van der Waals surface area (Å²) in [5.41, 5.74) is 3.34. The molecule has 0 aliphatic heterocycles. The summed E-state index contributed by atoms with van der Waals surface area (Å²) < 4.78 is 10.6. The van der Waals surface area contributed by atoms with E-state index >= 15 is 0 Å². The molecule has 126 valence electrons. The van der Waals surface area contributed by atoms with Crippen LogP contribution in [0.1, 0.15) is 28.0 Å². The van der Waals surface area contributed by atoms with E-state index in [0.29, 0.717) is 11.1 Å². The molecule has 1 aromatic carbocycles. The van der Waals surface area contributed by atoms with E-state index < -0.39 is 11.6 Å². The first-order valence-electron chi connectivity index (χ1n) is 8.16. The number of thiophene rings is 1. The van der Waals surface area contributed by atoms with Gasteiger partial charge >= 0.3 is 11.6 Å². The molecule has 2 heterocycles. The maximum Gasteiger partial charge on any atom is 0.336 e. The predicted octanol–water partition coefficient (Wildman–Crippen LogP) is 4.10. The van der Waals surface area contributed by atoms with E-state index in [1.807, 2.05) is 23.6 Å². The highest BCUT2D eigenvalue weighted by Crippen LogP contribution is 2.28. The molecule has 4 nitrogen and oxygen atoms in total. The second-order valence-electron chi connectivity index (χ2n) is 6.02. The van der Waals surface area contributed by atoms with Crippen LogP contribution in [0, 0.1) is 0 Å². The van der Waals surface area contributed by atoms with Gasteiger partial charge in [-0.25, -0.2) is 9.59 Å². The minimum atomic E-state index is -0.434. The van der Waals surface area contributed by atoms with Gasteiger partial charge in [0.15, 0.2) is 0 Å². The van der Waals surface area contributed by atoms with Crippen LogP contribution in [0.2, 0.25) is 0 Å². The SMILES string of the molecule is O=C(/C=C/c1cccs1)OCc1cc(=O)oc2cc3c(cc12)CCC3. The minimum Gasteiger partial charge on any atom is -0.458 e. The molecule has 0 unspecified atom stereocenters. The number of benzene rings is 1. The fourth-order valence-electron chi connectivity index (χ4n) is 3.15. The quantitative estimate of drug-likeness (QED) is 0.403. The maximum absolute atomic E-state index is 11.9. The first-order valence-corrected chi connectivity index (χ1v) is 9.04. The zero-order chi connectivity index (χ0) is 17.2. The third-order valence-electron chi connectivity index (χ3n) is 4.34. The Kier molecular flexibility index (Phi) is 4.24. The maximum atomic E-state index is 11.9. The lowest BCUT2D eigenvalue weighted by Gasteiger charge is -2.08. The summed E-state index contributed by atoms with van der Waals surface area (Å²) in [6, 6.07) is 9.25. The average molecular weight is 352 g/mol. The van der Waals surface area contributed by atoms with Crippen LogP contribution in [0.4, 0.5) is 0 Å². The summed E-state index contributed by atoms with van der Waals surface area (Å²) in [5, 5.41) is 2.79. The number of hydrogen-bond acceptors (Lipinski definition) is 5. The van der Waals surface area contributed by atoms with E-state index in [-0.39, 0.29) is 6.61 Å². The van der Waals surface area contributed by atoms with Crippen LogP contribution in [-0.4, -0.2) is 5.97 Å². The largest absolute Gasteiger partial charge is 0.458 e. The fourth-order valence-corrected chi connectivity index (χ4v) is 3.77. The second-order valence-corrected chi connectivity index (χ2v) is 7.00. The Labute approximate surface area is 148 Å². The summed E-state index contributed by atoms with van der Waals surface area (Å²) >= 11 is 1.55. The topological polar surface area (TPSA) is 56.5 Å². The van der Waals surface area contributed by atoms with Gasteiger partial charge in [0.25, 0.3) is 0 Å². The van der Waals surface area contributed by atoms with E-state index in [4.69, 9.17) is 9.15 Å². The van der Waals surface area contributed by atoms with Crippen LogP contribution < -0.4 is 5.63 Å². The van der Waals surface area contributed by atoms with Crippen molar-refractivity contribution < 1.29 is 13.9 Å². The van der Waals surface area contributed by atoms with Crippen molar-refractivity contribution in [1.82, 2.24) is 0 Å². The first-order chi connectivity index (χ1) is 12.2. The molecule has 0 bridgehead atoms. The van der Waals surface area contributed by atoms with Gasteiger partial charge in [0.05, 0.1) is 0 Å². The molecule has 5 heteroatoms. The number of rotatable bonds is 4. The normalized spacial score (nSPS) is 13.4. The van der Waals surface area contributed by atoms with Crippen molar-refractivity contribution in [2.45, 2.75) is 25.9 Å². The molecular weight excluding hydrogens is 336 g/mol. The fraction of sp³-hybridized carbons (Fsp3) is 0.200. The smallest absolute Gasteiger partial charge is 0.336 e. The van der Waals surface area contributed by atoms with Gasteiger partial charge in [0, 0.05) is 28.0 Å². The Bertz CT molecular complexity index is 1010. The summed E-state index contributed by atoms with van der Waals surface area (Å²) in [5.74, 6) is -0.434. The van der Waals surface area contributed by atoms with Crippen molar-refractivity contribution in [1.29, 1.82) is 0 Å². The van der Waals surface area contributed by atoms with E-state index in [1.54, 1.807) is 17.4 Å². The molecule has 0 amide bonds. The lowest BCUT2D eigenvalue weighted by Crippen LogP contribution is -2.06. The Morgan fingerprint density at radius 1 is 1.24 bits per heavy atom. The second kappa shape index (κ2) is 6.69. The van der Waals surface area contributed by atoms with Crippen molar-refractivity contribution in [3.05, 3.63) is 73.8 Å². The molecule has 0 saturated heterocycles. The van der Waals surface area contributed by atoms with E-state index in [2.05, 4.69) is 6.07 Å². The van der Waals surface area contributed by atoms with Gasteiger partial charge in [-0.2, -0.15) is 0 Å². The van der Waals surface area contributed by atoms with Gasteiger partial charge in [-0.3, -0.25) is 0 Å². The molecule has 3 aromatic rings. The molecule has 0 spiro atoms. The van der Waals surface area contributed by atoms with Crippen LogP contribution in [0.5, 0.6) is 0 Å². The van der Waals surface area contributed by atoms with Crippen LogP contribution in [0.15, 0.2) is 51.0 Å². The molecule has 4 rings (SSSR count). The Hall–Kier alpha value is -2.66. The molecule has 1 aliphatic rings. The average Bonchev–Trinajstić information content (AvgIpc) is 3.27. The number of esters is 1. The third kappa shape index (κ3) is 3.42. The highest BCUT2D eigenvalue weighted by molar-refractivity contribution is 7.10. The van der Waals surface area contributed by atoms with Crippen LogP contribution in [0.3, 0.4) is 0 Å². The van der Waals surface area contributed by atoms with Crippen molar-refractivity contribution >= 4 is 34.4 Å². The third-order valence-corrected chi connectivity index (χ3v) is 5.18. The van der Waals surface area contributed by atoms with Crippen molar-refractivity contribution in [2.24, 2.45) is 0 Å². The van der Waals surface area contributed by atoms with Gasteiger partial charge in [0.1, 0.15) is 12.2 Å².